The standard InChI is InChI=1S/C15H22ClNO/c1-10-6-11(2)8-13(7-10)18-15-12(9-17)4-3-5-14(15)16/h3-5,10-11,13H,6-9,17H2,1-2H3. The number of hydrogen-bond acceptors (Lipinski definition) is 2. The van der Waals surface area contributed by atoms with Crippen LogP contribution in [0.4, 0.5) is 0 Å². The van der Waals surface area contributed by atoms with Crippen LogP contribution in [0, 0.1) is 11.8 Å². The number of nitrogens with two attached hydrogens (primary N) is 1. The van der Waals surface area contributed by atoms with E-state index in [1.807, 2.05) is 18.2 Å². The van der Waals surface area contributed by atoms with Crippen LogP contribution in [0.25, 0.3) is 0 Å². The Morgan fingerprint density at radius 1 is 1.22 bits per heavy atom. The molecule has 2 nitrogen and oxygen atoms in total. The molecule has 1 aliphatic carbocycles. The summed E-state index contributed by atoms with van der Waals surface area (Å²) in [4.78, 5) is 0. The molecule has 1 fully saturated rings. The number of hydrogen-bond donors (Lipinski definition) is 1. The second-order valence-corrected chi connectivity index (χ2v) is 6.00. The second-order valence-electron chi connectivity index (χ2n) is 5.59. The molecule has 2 atom stereocenters. The molecule has 0 bridgehead atoms. The molecule has 18 heavy (non-hydrogen) atoms. The smallest absolute Gasteiger partial charge is 0.142 e. The monoisotopic (exact) mass is 267 g/mol. The topological polar surface area (TPSA) is 35.2 Å². The van der Waals surface area contributed by atoms with Crippen molar-refractivity contribution >= 4 is 11.6 Å². The summed E-state index contributed by atoms with van der Waals surface area (Å²) in [6.45, 7) is 5.05. The van der Waals surface area contributed by atoms with Crippen molar-refractivity contribution in [2.75, 3.05) is 0 Å². The van der Waals surface area contributed by atoms with Crippen LogP contribution < -0.4 is 10.5 Å². The summed E-state index contributed by atoms with van der Waals surface area (Å²) in [6.07, 6.45) is 3.79. The molecule has 0 amide bonds. The van der Waals surface area contributed by atoms with Crippen molar-refractivity contribution < 1.29 is 4.74 Å². The summed E-state index contributed by atoms with van der Waals surface area (Å²) in [5.74, 6) is 2.23. The number of benzene rings is 1. The highest BCUT2D eigenvalue weighted by Crippen LogP contribution is 2.35. The van der Waals surface area contributed by atoms with E-state index < -0.39 is 0 Å². The Kier molecular flexibility index (Phi) is 4.52. The molecule has 0 aliphatic heterocycles. The molecule has 0 heterocycles. The molecule has 2 unspecified atom stereocenters. The van der Waals surface area contributed by atoms with Gasteiger partial charge in [0.05, 0.1) is 11.1 Å². The van der Waals surface area contributed by atoms with Crippen LogP contribution in [0.1, 0.15) is 38.7 Å². The number of halogens is 1. The quantitative estimate of drug-likeness (QED) is 0.898. The molecular weight excluding hydrogens is 246 g/mol. The summed E-state index contributed by atoms with van der Waals surface area (Å²) in [7, 11) is 0. The lowest BCUT2D eigenvalue weighted by molar-refractivity contribution is 0.100. The normalized spacial score (nSPS) is 28.1. The Balaban J connectivity index is 2.13. The number of para-hydroxylation sites is 1. The molecule has 0 aromatic heterocycles. The van der Waals surface area contributed by atoms with E-state index in [-0.39, 0.29) is 6.10 Å². The van der Waals surface area contributed by atoms with Gasteiger partial charge in [-0.2, -0.15) is 0 Å². The Morgan fingerprint density at radius 3 is 2.50 bits per heavy atom. The molecule has 0 spiro atoms. The van der Waals surface area contributed by atoms with Crippen LogP contribution in [0.5, 0.6) is 5.75 Å². The van der Waals surface area contributed by atoms with E-state index in [1.54, 1.807) is 0 Å². The Hall–Kier alpha value is -0.730. The lowest BCUT2D eigenvalue weighted by atomic mass is 9.82. The molecule has 1 saturated carbocycles. The van der Waals surface area contributed by atoms with Gasteiger partial charge in [0.25, 0.3) is 0 Å². The average molecular weight is 268 g/mol. The first-order valence-electron chi connectivity index (χ1n) is 6.74. The van der Waals surface area contributed by atoms with Crippen molar-refractivity contribution in [2.45, 2.75) is 45.8 Å². The molecule has 0 saturated heterocycles. The average Bonchev–Trinajstić information content (AvgIpc) is 2.30. The number of rotatable bonds is 3. The SMILES string of the molecule is CC1CC(C)CC(Oc2c(Cl)cccc2CN)C1. The fourth-order valence-corrected chi connectivity index (χ4v) is 3.22. The van der Waals surface area contributed by atoms with Crippen molar-refractivity contribution in [3.63, 3.8) is 0 Å². The molecular formula is C15H22ClNO. The van der Waals surface area contributed by atoms with E-state index in [0.29, 0.717) is 11.6 Å². The van der Waals surface area contributed by atoms with Crippen LogP contribution in [-0.4, -0.2) is 6.10 Å². The minimum absolute atomic E-state index is 0.272. The van der Waals surface area contributed by atoms with Gasteiger partial charge >= 0.3 is 0 Å². The lowest BCUT2D eigenvalue weighted by Crippen LogP contribution is -2.29. The third-order valence-electron chi connectivity index (χ3n) is 3.69. The summed E-state index contributed by atoms with van der Waals surface area (Å²) in [6, 6.07) is 5.77. The van der Waals surface area contributed by atoms with E-state index in [1.165, 1.54) is 6.42 Å². The first-order chi connectivity index (χ1) is 8.60. The van der Waals surface area contributed by atoms with Gasteiger partial charge in [-0.3, -0.25) is 0 Å². The van der Waals surface area contributed by atoms with E-state index in [2.05, 4.69) is 13.8 Å². The zero-order chi connectivity index (χ0) is 13.1. The fourth-order valence-electron chi connectivity index (χ4n) is 2.98. The van der Waals surface area contributed by atoms with Crippen molar-refractivity contribution in [2.24, 2.45) is 17.6 Å². The van der Waals surface area contributed by atoms with E-state index in [4.69, 9.17) is 22.1 Å². The summed E-state index contributed by atoms with van der Waals surface area (Å²) in [5.41, 5.74) is 6.73. The summed E-state index contributed by atoms with van der Waals surface area (Å²) in [5, 5.41) is 0.670. The maximum absolute atomic E-state index is 6.22. The van der Waals surface area contributed by atoms with Gasteiger partial charge in [0.2, 0.25) is 0 Å². The van der Waals surface area contributed by atoms with Crippen molar-refractivity contribution in [1.82, 2.24) is 0 Å². The first-order valence-corrected chi connectivity index (χ1v) is 7.12. The minimum atomic E-state index is 0.272. The zero-order valence-corrected chi connectivity index (χ0v) is 11.9. The largest absolute Gasteiger partial charge is 0.489 e. The Bertz CT molecular complexity index is 397. The maximum Gasteiger partial charge on any atom is 0.142 e. The van der Waals surface area contributed by atoms with Gasteiger partial charge < -0.3 is 10.5 Å². The van der Waals surface area contributed by atoms with Gasteiger partial charge in [-0.15, -0.1) is 0 Å². The highest BCUT2D eigenvalue weighted by Gasteiger charge is 2.26. The molecule has 100 valence electrons. The van der Waals surface area contributed by atoms with Crippen LogP contribution in [-0.2, 0) is 6.54 Å². The van der Waals surface area contributed by atoms with Crippen molar-refractivity contribution in [3.05, 3.63) is 28.8 Å². The van der Waals surface area contributed by atoms with Gasteiger partial charge in [-0.25, -0.2) is 0 Å². The Labute approximate surface area is 114 Å². The first kappa shape index (κ1) is 13.7. The molecule has 1 aromatic carbocycles. The van der Waals surface area contributed by atoms with Gasteiger partial charge in [0, 0.05) is 12.1 Å². The van der Waals surface area contributed by atoms with Crippen LogP contribution in [0.3, 0.4) is 0 Å². The van der Waals surface area contributed by atoms with Crippen molar-refractivity contribution in [1.29, 1.82) is 0 Å². The third kappa shape index (κ3) is 3.18. The van der Waals surface area contributed by atoms with Crippen LogP contribution in [0.15, 0.2) is 18.2 Å². The Morgan fingerprint density at radius 2 is 1.89 bits per heavy atom. The summed E-state index contributed by atoms with van der Waals surface area (Å²) < 4.78 is 6.14. The van der Waals surface area contributed by atoms with E-state index >= 15 is 0 Å². The van der Waals surface area contributed by atoms with E-state index in [9.17, 15) is 0 Å². The van der Waals surface area contributed by atoms with Crippen LogP contribution >= 0.6 is 11.6 Å². The van der Waals surface area contributed by atoms with Gasteiger partial charge in [0.1, 0.15) is 5.75 Å². The van der Waals surface area contributed by atoms with E-state index in [0.717, 1.165) is 36.0 Å². The van der Waals surface area contributed by atoms with Gasteiger partial charge in [-0.05, 0) is 37.2 Å². The fraction of sp³-hybridized carbons (Fsp3) is 0.600. The maximum atomic E-state index is 6.22. The molecule has 1 aliphatic rings. The van der Waals surface area contributed by atoms with Gasteiger partial charge in [0.15, 0.2) is 0 Å². The lowest BCUT2D eigenvalue weighted by Gasteiger charge is -2.32. The molecule has 3 heteroatoms. The highest BCUT2D eigenvalue weighted by atomic mass is 35.5. The van der Waals surface area contributed by atoms with Gasteiger partial charge in [-0.1, -0.05) is 37.6 Å². The molecule has 1 aromatic rings. The predicted molar refractivity (Wildman–Crippen MR) is 75.9 cm³/mol. The van der Waals surface area contributed by atoms with Crippen LogP contribution in [0.2, 0.25) is 5.02 Å². The van der Waals surface area contributed by atoms with Crippen molar-refractivity contribution in [3.8, 4) is 5.75 Å². The second kappa shape index (κ2) is 5.94. The number of ether oxygens (including phenoxy) is 1. The molecule has 0 radical (unpaired) electrons. The minimum Gasteiger partial charge on any atom is -0.489 e. The third-order valence-corrected chi connectivity index (χ3v) is 3.99. The molecule has 2 rings (SSSR count). The predicted octanol–water partition coefficient (Wildman–Crippen LogP) is 4.00. The summed E-state index contributed by atoms with van der Waals surface area (Å²) >= 11 is 6.22. The molecule has 2 N–H and O–H groups in total. The zero-order valence-electron chi connectivity index (χ0n) is 11.2. The highest BCUT2D eigenvalue weighted by molar-refractivity contribution is 6.32.